The Labute approximate surface area is 173 Å². The number of unbranched alkanes of at least 4 members (excludes halogenated alkanes) is 2. The maximum absolute atomic E-state index is 13.3. The van der Waals surface area contributed by atoms with E-state index in [0.29, 0.717) is 31.1 Å². The van der Waals surface area contributed by atoms with Crippen LogP contribution in [0.2, 0.25) is 0 Å². The molecule has 5 nitrogen and oxygen atoms in total. The third-order valence-electron chi connectivity index (χ3n) is 4.52. The van der Waals surface area contributed by atoms with Gasteiger partial charge >= 0.3 is 5.97 Å². The normalized spacial score (nSPS) is 10.4. The van der Waals surface area contributed by atoms with Gasteiger partial charge in [0.05, 0.1) is 25.2 Å². The van der Waals surface area contributed by atoms with Crippen LogP contribution in [-0.4, -0.2) is 36.5 Å². The lowest BCUT2D eigenvalue weighted by Gasteiger charge is -2.24. The first-order valence-corrected chi connectivity index (χ1v) is 10.4. The zero-order valence-electron chi connectivity index (χ0n) is 17.4. The lowest BCUT2D eigenvalue weighted by Crippen LogP contribution is -2.33. The van der Waals surface area contributed by atoms with Crippen LogP contribution in [-0.2, 0) is 16.1 Å². The topological polar surface area (TPSA) is 55.8 Å². The Bertz CT molecular complexity index is 760. The van der Waals surface area contributed by atoms with Crippen LogP contribution in [0, 0.1) is 0 Å². The number of benzene rings is 2. The smallest absolute Gasteiger partial charge is 0.307 e. The van der Waals surface area contributed by atoms with Crippen molar-refractivity contribution in [1.29, 1.82) is 0 Å². The highest BCUT2D eigenvalue weighted by Crippen LogP contribution is 2.22. The first kappa shape index (κ1) is 22.5. The largest absolute Gasteiger partial charge is 0.493 e. The first-order valence-electron chi connectivity index (χ1n) is 10.4. The van der Waals surface area contributed by atoms with Crippen LogP contribution in [0.5, 0.6) is 5.75 Å². The van der Waals surface area contributed by atoms with Gasteiger partial charge < -0.3 is 14.4 Å². The summed E-state index contributed by atoms with van der Waals surface area (Å²) in [6.07, 6.45) is 3.32. The van der Waals surface area contributed by atoms with Gasteiger partial charge in [-0.3, -0.25) is 9.59 Å². The molecule has 0 bridgehead atoms. The molecule has 0 unspecified atom stereocenters. The van der Waals surface area contributed by atoms with Crippen LogP contribution in [0.3, 0.4) is 0 Å². The molecule has 29 heavy (non-hydrogen) atoms. The SMILES string of the molecule is CCCCCOc1ccccc1C(=O)N(CCC(=O)OCC)Cc1ccccc1. The fourth-order valence-electron chi connectivity index (χ4n) is 2.99. The fraction of sp³-hybridized carbons (Fsp3) is 0.417. The van der Waals surface area contributed by atoms with Crippen LogP contribution in [0.4, 0.5) is 0 Å². The number of para-hydroxylation sites is 1. The minimum atomic E-state index is -0.303. The van der Waals surface area contributed by atoms with E-state index >= 15 is 0 Å². The molecule has 2 aromatic carbocycles. The number of rotatable bonds is 12. The molecule has 0 aliphatic rings. The van der Waals surface area contributed by atoms with E-state index in [1.807, 2.05) is 48.5 Å². The minimum absolute atomic E-state index is 0.149. The molecule has 2 rings (SSSR count). The molecular formula is C24H31NO4. The number of carbonyl (C=O) groups is 2. The summed E-state index contributed by atoms with van der Waals surface area (Å²) in [5, 5.41) is 0. The van der Waals surface area contributed by atoms with Gasteiger partial charge in [-0.25, -0.2) is 0 Å². The molecule has 156 valence electrons. The molecular weight excluding hydrogens is 366 g/mol. The number of hydrogen-bond donors (Lipinski definition) is 0. The zero-order valence-corrected chi connectivity index (χ0v) is 17.4. The predicted molar refractivity (Wildman–Crippen MR) is 114 cm³/mol. The van der Waals surface area contributed by atoms with Gasteiger partial charge in [-0.1, -0.05) is 62.2 Å². The van der Waals surface area contributed by atoms with Crippen molar-refractivity contribution in [2.45, 2.75) is 46.1 Å². The average molecular weight is 398 g/mol. The van der Waals surface area contributed by atoms with Gasteiger partial charge in [-0.2, -0.15) is 0 Å². The molecule has 0 aromatic heterocycles. The summed E-state index contributed by atoms with van der Waals surface area (Å²) >= 11 is 0. The number of amides is 1. The molecule has 0 aliphatic heterocycles. The summed E-state index contributed by atoms with van der Waals surface area (Å²) < 4.78 is 10.9. The molecule has 2 aromatic rings. The Morgan fingerprint density at radius 2 is 1.66 bits per heavy atom. The van der Waals surface area contributed by atoms with Gasteiger partial charge in [-0.15, -0.1) is 0 Å². The van der Waals surface area contributed by atoms with Crippen molar-refractivity contribution in [3.8, 4) is 5.75 Å². The first-order chi connectivity index (χ1) is 14.2. The van der Waals surface area contributed by atoms with Gasteiger partial charge in [0.1, 0.15) is 5.75 Å². The van der Waals surface area contributed by atoms with Crippen LogP contribution >= 0.6 is 0 Å². The maximum atomic E-state index is 13.3. The molecule has 0 heterocycles. The standard InChI is InChI=1S/C24H31NO4/c1-3-5-11-18-29-22-15-10-9-14-21(22)24(27)25(17-16-23(26)28-4-2)19-20-12-7-6-8-13-20/h6-10,12-15H,3-5,11,16-19H2,1-2H3. The van der Waals surface area contributed by atoms with E-state index in [-0.39, 0.29) is 24.8 Å². The minimum Gasteiger partial charge on any atom is -0.493 e. The number of hydrogen-bond acceptors (Lipinski definition) is 4. The van der Waals surface area contributed by atoms with E-state index < -0.39 is 0 Å². The van der Waals surface area contributed by atoms with E-state index in [1.54, 1.807) is 17.9 Å². The second kappa shape index (κ2) is 12.6. The summed E-state index contributed by atoms with van der Waals surface area (Å²) in [5.74, 6) is 0.134. The molecule has 0 N–H and O–H groups in total. The molecule has 0 fully saturated rings. The van der Waals surface area contributed by atoms with E-state index in [2.05, 4.69) is 6.92 Å². The van der Waals surface area contributed by atoms with Crippen LogP contribution in [0.15, 0.2) is 54.6 Å². The monoisotopic (exact) mass is 397 g/mol. The Morgan fingerprint density at radius 3 is 2.38 bits per heavy atom. The molecule has 0 radical (unpaired) electrons. The Morgan fingerprint density at radius 1 is 0.931 bits per heavy atom. The van der Waals surface area contributed by atoms with E-state index in [4.69, 9.17) is 9.47 Å². The van der Waals surface area contributed by atoms with Crippen LogP contribution in [0.25, 0.3) is 0 Å². The molecule has 0 saturated carbocycles. The Kier molecular flexibility index (Phi) is 9.76. The number of nitrogens with zero attached hydrogens (tertiary/aromatic N) is 1. The van der Waals surface area contributed by atoms with E-state index in [9.17, 15) is 9.59 Å². The summed E-state index contributed by atoms with van der Waals surface area (Å²) in [6, 6.07) is 17.1. The van der Waals surface area contributed by atoms with Gasteiger partial charge in [0.15, 0.2) is 0 Å². The van der Waals surface area contributed by atoms with Gasteiger partial charge in [-0.05, 0) is 31.0 Å². The second-order valence-corrected chi connectivity index (χ2v) is 6.82. The highest BCUT2D eigenvalue weighted by molar-refractivity contribution is 5.97. The lowest BCUT2D eigenvalue weighted by atomic mass is 10.1. The van der Waals surface area contributed by atoms with Crippen molar-refractivity contribution in [2.24, 2.45) is 0 Å². The van der Waals surface area contributed by atoms with Crippen LogP contribution < -0.4 is 4.74 Å². The molecule has 5 heteroatoms. The van der Waals surface area contributed by atoms with Crippen molar-refractivity contribution < 1.29 is 19.1 Å². The van der Waals surface area contributed by atoms with Gasteiger partial charge in [0.2, 0.25) is 0 Å². The average Bonchev–Trinajstić information content (AvgIpc) is 2.75. The predicted octanol–water partition coefficient (Wildman–Crippen LogP) is 4.85. The maximum Gasteiger partial charge on any atom is 0.307 e. The molecule has 0 spiro atoms. The van der Waals surface area contributed by atoms with Crippen molar-refractivity contribution in [2.75, 3.05) is 19.8 Å². The van der Waals surface area contributed by atoms with E-state index in [0.717, 1.165) is 24.8 Å². The summed E-state index contributed by atoms with van der Waals surface area (Å²) in [7, 11) is 0. The summed E-state index contributed by atoms with van der Waals surface area (Å²) in [4.78, 5) is 26.8. The van der Waals surface area contributed by atoms with Crippen molar-refractivity contribution >= 4 is 11.9 Å². The van der Waals surface area contributed by atoms with E-state index in [1.165, 1.54) is 0 Å². The lowest BCUT2D eigenvalue weighted by molar-refractivity contribution is -0.143. The third kappa shape index (κ3) is 7.60. The Balaban J connectivity index is 2.16. The highest BCUT2D eigenvalue weighted by Gasteiger charge is 2.21. The van der Waals surface area contributed by atoms with Crippen LogP contribution in [0.1, 0.15) is 55.5 Å². The van der Waals surface area contributed by atoms with Gasteiger partial charge in [0, 0.05) is 13.1 Å². The zero-order chi connectivity index (χ0) is 20.9. The molecule has 0 aliphatic carbocycles. The highest BCUT2D eigenvalue weighted by atomic mass is 16.5. The third-order valence-corrected chi connectivity index (χ3v) is 4.52. The molecule has 0 atom stereocenters. The molecule has 1 amide bonds. The quantitative estimate of drug-likeness (QED) is 0.379. The van der Waals surface area contributed by atoms with Gasteiger partial charge in [0.25, 0.3) is 5.91 Å². The van der Waals surface area contributed by atoms with Crippen molar-refractivity contribution in [1.82, 2.24) is 4.90 Å². The number of ether oxygens (including phenoxy) is 2. The second-order valence-electron chi connectivity index (χ2n) is 6.82. The van der Waals surface area contributed by atoms with Crippen molar-refractivity contribution in [3.63, 3.8) is 0 Å². The summed E-state index contributed by atoms with van der Waals surface area (Å²) in [5.41, 5.74) is 1.52. The van der Waals surface area contributed by atoms with Crippen molar-refractivity contribution in [3.05, 3.63) is 65.7 Å². The number of esters is 1. The molecule has 0 saturated heterocycles. The fourth-order valence-corrected chi connectivity index (χ4v) is 2.99. The number of carbonyl (C=O) groups excluding carboxylic acids is 2. The summed E-state index contributed by atoms with van der Waals surface area (Å²) in [6.45, 7) is 5.54. The Hall–Kier alpha value is -2.82.